The third kappa shape index (κ3) is 2.38. The number of amides is 3. The molecule has 2 unspecified atom stereocenters. The smallest absolute Gasteiger partial charge is 0.323 e. The van der Waals surface area contributed by atoms with E-state index in [-0.39, 0.29) is 12.5 Å². The minimum absolute atomic E-state index is 0.0405. The Morgan fingerprint density at radius 1 is 1.40 bits per heavy atom. The van der Waals surface area contributed by atoms with Gasteiger partial charge in [0.1, 0.15) is 11.4 Å². The summed E-state index contributed by atoms with van der Waals surface area (Å²) in [6.07, 6.45) is 0.489. The van der Waals surface area contributed by atoms with Gasteiger partial charge in [-0.25, -0.2) is 9.18 Å². The Morgan fingerprint density at radius 2 is 2.05 bits per heavy atom. The molecule has 1 saturated heterocycles. The predicted molar refractivity (Wildman–Crippen MR) is 72.3 cm³/mol. The first-order valence-corrected chi connectivity index (χ1v) is 6.53. The van der Waals surface area contributed by atoms with Crippen molar-refractivity contribution in [3.8, 4) is 0 Å². The van der Waals surface area contributed by atoms with E-state index in [0.29, 0.717) is 12.0 Å². The molecule has 20 heavy (non-hydrogen) atoms. The Hall–Kier alpha value is -1.95. The van der Waals surface area contributed by atoms with Gasteiger partial charge in [-0.2, -0.15) is 0 Å². The van der Waals surface area contributed by atoms with Crippen LogP contribution in [-0.4, -0.2) is 28.9 Å². The van der Waals surface area contributed by atoms with Gasteiger partial charge in [0.2, 0.25) is 0 Å². The number of rotatable bonds is 4. The molecule has 1 aromatic rings. The molecule has 1 fully saturated rings. The van der Waals surface area contributed by atoms with E-state index in [1.54, 1.807) is 25.1 Å². The fraction of sp³-hybridized carbons (Fsp3) is 0.429. The molecule has 0 aromatic heterocycles. The van der Waals surface area contributed by atoms with Gasteiger partial charge in [0.15, 0.2) is 0 Å². The van der Waals surface area contributed by atoms with Crippen molar-refractivity contribution >= 4 is 11.9 Å². The highest BCUT2D eigenvalue weighted by molar-refractivity contribution is 6.06. The van der Waals surface area contributed by atoms with Gasteiger partial charge in [0, 0.05) is 12.1 Å². The van der Waals surface area contributed by atoms with Crippen LogP contribution in [-0.2, 0) is 4.79 Å². The second kappa shape index (κ2) is 5.20. The zero-order valence-corrected chi connectivity index (χ0v) is 11.5. The molecule has 5 nitrogen and oxygen atoms in total. The summed E-state index contributed by atoms with van der Waals surface area (Å²) in [5, 5.41) is 2.64. The maximum Gasteiger partial charge on any atom is 0.325 e. The zero-order chi connectivity index (χ0) is 14.9. The lowest BCUT2D eigenvalue weighted by molar-refractivity contribution is -0.131. The summed E-state index contributed by atoms with van der Waals surface area (Å²) in [7, 11) is 0. The Balaban J connectivity index is 2.17. The molecule has 0 radical (unpaired) electrons. The monoisotopic (exact) mass is 279 g/mol. The summed E-state index contributed by atoms with van der Waals surface area (Å²) in [4.78, 5) is 25.1. The van der Waals surface area contributed by atoms with Crippen LogP contribution in [0.3, 0.4) is 0 Å². The molecule has 3 N–H and O–H groups in total. The second-order valence-corrected chi connectivity index (χ2v) is 5.16. The Labute approximate surface area is 116 Å². The molecule has 6 heteroatoms. The quantitative estimate of drug-likeness (QED) is 0.821. The van der Waals surface area contributed by atoms with Crippen LogP contribution in [0.15, 0.2) is 24.3 Å². The van der Waals surface area contributed by atoms with Gasteiger partial charge in [-0.05, 0) is 19.4 Å². The molecule has 2 rings (SSSR count). The average Bonchev–Trinajstić information content (AvgIpc) is 2.63. The number of carbonyl (C=O) groups excluding carboxylic acids is 2. The third-order valence-electron chi connectivity index (χ3n) is 3.74. The standard InChI is InChI=1S/C14H18FN3O2/c1-3-14(2)12(19)18(13(20)17-14)8-11(16)9-6-4-5-7-10(9)15/h4-7,11H,3,8,16H2,1-2H3,(H,17,20). The molecule has 1 aliphatic rings. The molecule has 0 spiro atoms. The number of carbonyl (C=O) groups is 2. The van der Waals surface area contributed by atoms with Crippen molar-refractivity contribution in [2.24, 2.45) is 5.73 Å². The van der Waals surface area contributed by atoms with Crippen molar-refractivity contribution in [3.05, 3.63) is 35.6 Å². The third-order valence-corrected chi connectivity index (χ3v) is 3.74. The molecule has 108 valence electrons. The SMILES string of the molecule is CCC1(C)NC(=O)N(CC(N)c2ccccc2F)C1=O. The summed E-state index contributed by atoms with van der Waals surface area (Å²) in [5.41, 5.74) is 5.31. The van der Waals surface area contributed by atoms with Gasteiger partial charge in [-0.3, -0.25) is 9.69 Å². The van der Waals surface area contributed by atoms with Crippen LogP contribution < -0.4 is 11.1 Å². The minimum Gasteiger partial charge on any atom is -0.323 e. The van der Waals surface area contributed by atoms with Gasteiger partial charge in [-0.1, -0.05) is 25.1 Å². The fourth-order valence-electron chi connectivity index (χ4n) is 2.22. The molecular weight excluding hydrogens is 261 g/mol. The van der Waals surface area contributed by atoms with E-state index >= 15 is 0 Å². The number of benzene rings is 1. The number of nitrogens with zero attached hydrogens (tertiary/aromatic N) is 1. The first-order chi connectivity index (χ1) is 9.39. The first kappa shape index (κ1) is 14.5. The van der Waals surface area contributed by atoms with Gasteiger partial charge >= 0.3 is 6.03 Å². The van der Waals surface area contributed by atoms with E-state index in [1.807, 2.05) is 6.92 Å². The molecule has 1 aliphatic heterocycles. The fourth-order valence-corrected chi connectivity index (χ4v) is 2.22. The number of halogens is 1. The molecule has 1 heterocycles. The van der Waals surface area contributed by atoms with E-state index in [0.717, 1.165) is 4.90 Å². The van der Waals surface area contributed by atoms with Gasteiger partial charge in [0.25, 0.3) is 5.91 Å². The van der Waals surface area contributed by atoms with Crippen molar-refractivity contribution in [1.29, 1.82) is 0 Å². The number of urea groups is 1. The summed E-state index contributed by atoms with van der Waals surface area (Å²) >= 11 is 0. The highest BCUT2D eigenvalue weighted by Crippen LogP contribution is 2.23. The van der Waals surface area contributed by atoms with Crippen molar-refractivity contribution in [3.63, 3.8) is 0 Å². The maximum atomic E-state index is 13.6. The lowest BCUT2D eigenvalue weighted by Crippen LogP contribution is -2.43. The topological polar surface area (TPSA) is 75.4 Å². The number of hydrogen-bond donors (Lipinski definition) is 2. The van der Waals surface area contributed by atoms with Gasteiger partial charge in [0.05, 0.1) is 6.04 Å². The van der Waals surface area contributed by atoms with E-state index < -0.39 is 23.4 Å². The van der Waals surface area contributed by atoms with E-state index in [2.05, 4.69) is 5.32 Å². The molecule has 0 aliphatic carbocycles. The molecule has 3 amide bonds. The van der Waals surface area contributed by atoms with Crippen LogP contribution >= 0.6 is 0 Å². The number of imide groups is 1. The highest BCUT2D eigenvalue weighted by atomic mass is 19.1. The predicted octanol–water partition coefficient (Wildman–Crippen LogP) is 1.55. The largest absolute Gasteiger partial charge is 0.325 e. The van der Waals surface area contributed by atoms with Crippen LogP contribution in [0.5, 0.6) is 0 Å². The number of nitrogens with one attached hydrogen (secondary N) is 1. The number of nitrogens with two attached hydrogens (primary N) is 1. The Kier molecular flexibility index (Phi) is 3.76. The van der Waals surface area contributed by atoms with E-state index in [4.69, 9.17) is 5.73 Å². The molecule has 1 aromatic carbocycles. The van der Waals surface area contributed by atoms with Gasteiger partial charge in [-0.15, -0.1) is 0 Å². The van der Waals surface area contributed by atoms with Crippen molar-refractivity contribution in [1.82, 2.24) is 10.2 Å². The van der Waals surface area contributed by atoms with Crippen LogP contribution in [0.25, 0.3) is 0 Å². The zero-order valence-electron chi connectivity index (χ0n) is 11.5. The second-order valence-electron chi connectivity index (χ2n) is 5.16. The van der Waals surface area contributed by atoms with Crippen LogP contribution in [0.1, 0.15) is 31.9 Å². The molecule has 0 saturated carbocycles. The van der Waals surface area contributed by atoms with E-state index in [1.165, 1.54) is 6.07 Å². The first-order valence-electron chi connectivity index (χ1n) is 6.53. The van der Waals surface area contributed by atoms with Crippen molar-refractivity contribution in [2.75, 3.05) is 6.54 Å². The number of hydrogen-bond acceptors (Lipinski definition) is 3. The lowest BCUT2D eigenvalue weighted by atomic mass is 9.99. The Bertz CT molecular complexity index is 549. The van der Waals surface area contributed by atoms with Crippen LogP contribution in [0.4, 0.5) is 9.18 Å². The van der Waals surface area contributed by atoms with Crippen LogP contribution in [0, 0.1) is 5.82 Å². The molecule has 2 atom stereocenters. The van der Waals surface area contributed by atoms with Crippen molar-refractivity contribution < 1.29 is 14.0 Å². The summed E-state index contributed by atoms with van der Waals surface area (Å²) in [6, 6.07) is 4.86. The lowest BCUT2D eigenvalue weighted by Gasteiger charge is -2.21. The van der Waals surface area contributed by atoms with Gasteiger partial charge < -0.3 is 11.1 Å². The normalized spacial score (nSPS) is 23.9. The van der Waals surface area contributed by atoms with Crippen molar-refractivity contribution in [2.45, 2.75) is 31.8 Å². The Morgan fingerprint density at radius 3 is 2.60 bits per heavy atom. The molecular formula is C14H18FN3O2. The average molecular weight is 279 g/mol. The van der Waals surface area contributed by atoms with Crippen LogP contribution in [0.2, 0.25) is 0 Å². The summed E-state index contributed by atoms with van der Waals surface area (Å²) in [5.74, 6) is -0.762. The van der Waals surface area contributed by atoms with E-state index in [9.17, 15) is 14.0 Å². The highest BCUT2D eigenvalue weighted by Gasteiger charge is 2.46. The maximum absolute atomic E-state index is 13.6. The summed E-state index contributed by atoms with van der Waals surface area (Å²) in [6.45, 7) is 3.45. The minimum atomic E-state index is -0.897. The summed E-state index contributed by atoms with van der Waals surface area (Å²) < 4.78 is 13.6. The molecule has 0 bridgehead atoms.